The number of H-pyrrole nitrogens is 1. The van der Waals surface area contributed by atoms with E-state index in [1.165, 1.54) is 15.5 Å². The summed E-state index contributed by atoms with van der Waals surface area (Å²) in [4.78, 5) is 42.9. The van der Waals surface area contributed by atoms with E-state index < -0.39 is 17.2 Å². The summed E-state index contributed by atoms with van der Waals surface area (Å²) in [6, 6.07) is 2.84. The molecular weight excluding hydrogens is 312 g/mol. The van der Waals surface area contributed by atoms with Crippen molar-refractivity contribution in [3.05, 3.63) is 38.0 Å². The van der Waals surface area contributed by atoms with Gasteiger partial charge in [0.25, 0.3) is 0 Å². The molecule has 22 heavy (non-hydrogen) atoms. The molecule has 3 rings (SSSR count). The van der Waals surface area contributed by atoms with Gasteiger partial charge in [0.15, 0.2) is 5.65 Å². The van der Waals surface area contributed by atoms with E-state index in [1.807, 2.05) is 0 Å². The molecule has 0 aromatic carbocycles. The first-order valence-corrected chi connectivity index (χ1v) is 7.14. The standard InChI is InChI=1S/C13H13ClN4O4/c14-9-2-1-8-10(16-9)18(12(20)11(19)15-8)7-3-5-17(6-4-7)13(21)22/h1-2,7H,3-6H2,(H,15,19)(H,21,22). The number of aromatic nitrogens is 3. The lowest BCUT2D eigenvalue weighted by atomic mass is 10.0. The number of hydrogen-bond acceptors (Lipinski definition) is 4. The normalized spacial score (nSPS) is 16.1. The van der Waals surface area contributed by atoms with Crippen LogP contribution >= 0.6 is 11.6 Å². The first-order chi connectivity index (χ1) is 10.5. The zero-order valence-corrected chi connectivity index (χ0v) is 12.2. The van der Waals surface area contributed by atoms with Gasteiger partial charge in [-0.1, -0.05) is 11.6 Å². The second-order valence-corrected chi connectivity index (χ2v) is 5.52. The lowest BCUT2D eigenvalue weighted by Crippen LogP contribution is -2.44. The number of fused-ring (bicyclic) bond motifs is 1. The van der Waals surface area contributed by atoms with Crippen LogP contribution in [0.1, 0.15) is 18.9 Å². The van der Waals surface area contributed by atoms with Crippen LogP contribution in [0.5, 0.6) is 0 Å². The van der Waals surface area contributed by atoms with E-state index in [2.05, 4.69) is 9.97 Å². The van der Waals surface area contributed by atoms with Crippen LogP contribution in [-0.2, 0) is 0 Å². The van der Waals surface area contributed by atoms with Gasteiger partial charge < -0.3 is 15.0 Å². The van der Waals surface area contributed by atoms with E-state index in [0.717, 1.165) is 0 Å². The third-order valence-electron chi connectivity index (χ3n) is 3.83. The van der Waals surface area contributed by atoms with Crippen LogP contribution in [0.25, 0.3) is 11.2 Å². The second kappa shape index (κ2) is 5.45. The average Bonchev–Trinajstić information content (AvgIpc) is 2.49. The fourth-order valence-corrected chi connectivity index (χ4v) is 2.89. The predicted octanol–water partition coefficient (Wildman–Crippen LogP) is 1.05. The minimum absolute atomic E-state index is 0.218. The number of amides is 1. The van der Waals surface area contributed by atoms with Crippen LogP contribution in [0.3, 0.4) is 0 Å². The Morgan fingerprint density at radius 1 is 1.32 bits per heavy atom. The van der Waals surface area contributed by atoms with E-state index in [4.69, 9.17) is 16.7 Å². The summed E-state index contributed by atoms with van der Waals surface area (Å²) in [6.45, 7) is 0.614. The predicted molar refractivity (Wildman–Crippen MR) is 79.5 cm³/mol. The van der Waals surface area contributed by atoms with Crippen molar-refractivity contribution in [1.82, 2.24) is 19.4 Å². The van der Waals surface area contributed by atoms with Gasteiger partial charge in [-0.15, -0.1) is 0 Å². The molecule has 1 aliphatic rings. The molecule has 0 radical (unpaired) electrons. The smallest absolute Gasteiger partial charge is 0.407 e. The molecule has 2 aromatic rings. The molecule has 0 spiro atoms. The third kappa shape index (κ3) is 2.45. The van der Waals surface area contributed by atoms with Crippen molar-refractivity contribution in [2.24, 2.45) is 0 Å². The topological polar surface area (TPSA) is 108 Å². The molecule has 1 fully saturated rings. The summed E-state index contributed by atoms with van der Waals surface area (Å²) in [5, 5.41) is 9.19. The van der Waals surface area contributed by atoms with Crippen molar-refractivity contribution in [2.75, 3.05) is 13.1 Å². The molecule has 8 nitrogen and oxygen atoms in total. The summed E-state index contributed by atoms with van der Waals surface area (Å²) in [5.74, 6) is 0. The van der Waals surface area contributed by atoms with Crippen LogP contribution in [-0.4, -0.2) is 43.7 Å². The molecule has 2 N–H and O–H groups in total. The lowest BCUT2D eigenvalue weighted by Gasteiger charge is -2.31. The zero-order chi connectivity index (χ0) is 15.9. The monoisotopic (exact) mass is 324 g/mol. The number of pyridine rings is 1. The van der Waals surface area contributed by atoms with Gasteiger partial charge in [0, 0.05) is 19.1 Å². The Kier molecular flexibility index (Phi) is 3.61. The minimum Gasteiger partial charge on any atom is -0.465 e. The van der Waals surface area contributed by atoms with E-state index in [9.17, 15) is 14.4 Å². The number of likely N-dealkylation sites (tertiary alicyclic amines) is 1. The van der Waals surface area contributed by atoms with Crippen LogP contribution < -0.4 is 11.1 Å². The van der Waals surface area contributed by atoms with E-state index >= 15 is 0 Å². The molecule has 2 aromatic heterocycles. The summed E-state index contributed by atoms with van der Waals surface area (Å²) in [5.41, 5.74) is -0.686. The van der Waals surface area contributed by atoms with Crippen molar-refractivity contribution < 1.29 is 9.90 Å². The Bertz CT molecular complexity index is 851. The van der Waals surface area contributed by atoms with E-state index in [-0.39, 0.29) is 11.2 Å². The van der Waals surface area contributed by atoms with Gasteiger partial charge in [0.05, 0.1) is 5.52 Å². The number of carbonyl (C=O) groups is 1. The molecule has 116 valence electrons. The molecule has 0 atom stereocenters. The maximum Gasteiger partial charge on any atom is 0.407 e. The number of carboxylic acid groups (broad SMARTS) is 1. The lowest BCUT2D eigenvalue weighted by molar-refractivity contribution is 0.125. The molecule has 0 aliphatic carbocycles. The maximum atomic E-state index is 12.2. The first-order valence-electron chi connectivity index (χ1n) is 6.76. The summed E-state index contributed by atoms with van der Waals surface area (Å²) in [7, 11) is 0. The Labute approximate surface area is 129 Å². The van der Waals surface area contributed by atoms with Crippen molar-refractivity contribution in [3.8, 4) is 0 Å². The molecule has 1 amide bonds. The van der Waals surface area contributed by atoms with Crippen molar-refractivity contribution in [3.63, 3.8) is 0 Å². The van der Waals surface area contributed by atoms with Gasteiger partial charge >= 0.3 is 17.2 Å². The third-order valence-corrected chi connectivity index (χ3v) is 4.04. The summed E-state index contributed by atoms with van der Waals surface area (Å²) < 4.78 is 1.33. The highest BCUT2D eigenvalue weighted by molar-refractivity contribution is 6.29. The highest BCUT2D eigenvalue weighted by atomic mass is 35.5. The number of aromatic amines is 1. The molecule has 3 heterocycles. The first kappa shape index (κ1) is 14.6. The fraction of sp³-hybridized carbons (Fsp3) is 0.385. The van der Waals surface area contributed by atoms with Crippen LogP contribution in [0, 0.1) is 0 Å². The number of halogens is 1. The Morgan fingerprint density at radius 2 is 2.00 bits per heavy atom. The van der Waals surface area contributed by atoms with Gasteiger partial charge in [0.2, 0.25) is 0 Å². The summed E-state index contributed by atoms with van der Waals surface area (Å²) >= 11 is 5.88. The second-order valence-electron chi connectivity index (χ2n) is 5.14. The summed E-state index contributed by atoms with van der Waals surface area (Å²) in [6.07, 6.45) is -0.0968. The number of hydrogen-bond donors (Lipinski definition) is 2. The number of piperidine rings is 1. The largest absolute Gasteiger partial charge is 0.465 e. The van der Waals surface area contributed by atoms with Crippen molar-refractivity contribution >= 4 is 28.9 Å². The van der Waals surface area contributed by atoms with Gasteiger partial charge in [-0.3, -0.25) is 14.2 Å². The number of nitrogens with zero attached hydrogens (tertiary/aromatic N) is 3. The Balaban J connectivity index is 2.09. The number of nitrogens with one attached hydrogen (secondary N) is 1. The highest BCUT2D eigenvalue weighted by Gasteiger charge is 2.26. The molecule has 1 saturated heterocycles. The molecular formula is C13H13ClN4O4. The van der Waals surface area contributed by atoms with Gasteiger partial charge in [-0.2, -0.15) is 0 Å². The highest BCUT2D eigenvalue weighted by Crippen LogP contribution is 2.24. The van der Waals surface area contributed by atoms with Crippen LogP contribution in [0.15, 0.2) is 21.7 Å². The van der Waals surface area contributed by atoms with Crippen LogP contribution in [0.2, 0.25) is 5.15 Å². The molecule has 9 heteroatoms. The molecule has 0 unspecified atom stereocenters. The maximum absolute atomic E-state index is 12.2. The van der Waals surface area contributed by atoms with Crippen LogP contribution in [0.4, 0.5) is 4.79 Å². The quantitative estimate of drug-likeness (QED) is 0.602. The average molecular weight is 325 g/mol. The fourth-order valence-electron chi connectivity index (χ4n) is 2.74. The van der Waals surface area contributed by atoms with Crippen molar-refractivity contribution in [2.45, 2.75) is 18.9 Å². The van der Waals surface area contributed by atoms with Gasteiger partial charge in [-0.25, -0.2) is 9.78 Å². The van der Waals surface area contributed by atoms with E-state index in [0.29, 0.717) is 37.1 Å². The molecule has 0 saturated carbocycles. The Morgan fingerprint density at radius 3 is 2.64 bits per heavy atom. The molecule has 0 bridgehead atoms. The van der Waals surface area contributed by atoms with Gasteiger partial charge in [0.1, 0.15) is 5.15 Å². The van der Waals surface area contributed by atoms with E-state index in [1.54, 1.807) is 6.07 Å². The van der Waals surface area contributed by atoms with Gasteiger partial charge in [-0.05, 0) is 25.0 Å². The Hall–Kier alpha value is -2.35. The zero-order valence-electron chi connectivity index (χ0n) is 11.5. The SMILES string of the molecule is O=C(O)N1CCC(n2c(=O)c(=O)[nH]c3ccc(Cl)nc32)CC1. The number of rotatable bonds is 1. The van der Waals surface area contributed by atoms with Crippen molar-refractivity contribution in [1.29, 1.82) is 0 Å². The molecule has 1 aliphatic heterocycles. The minimum atomic E-state index is -0.984.